The number of alkyl carbamates (subject to hydrolysis) is 1. The Morgan fingerprint density at radius 2 is 1.81 bits per heavy atom. The summed E-state index contributed by atoms with van der Waals surface area (Å²) in [6, 6.07) is 8.18. The molecule has 1 aromatic carbocycles. The summed E-state index contributed by atoms with van der Waals surface area (Å²) in [6.45, 7) is 7.95. The molecule has 0 aliphatic heterocycles. The van der Waals surface area contributed by atoms with Gasteiger partial charge in [0.2, 0.25) is 0 Å². The van der Waals surface area contributed by atoms with Gasteiger partial charge in [-0.1, -0.05) is 12.5 Å². The number of nitrogens with one attached hydrogen (secondary N) is 2. The molecule has 0 unspecified atom stereocenters. The molecule has 0 heterocycles. The summed E-state index contributed by atoms with van der Waals surface area (Å²) >= 11 is 0. The first kappa shape index (κ1) is 20.1. The van der Waals surface area contributed by atoms with Gasteiger partial charge < -0.3 is 15.4 Å². The van der Waals surface area contributed by atoms with E-state index in [1.807, 2.05) is 13.0 Å². The topological polar surface area (TPSA) is 67.4 Å². The molecule has 5 nitrogen and oxygen atoms in total. The summed E-state index contributed by atoms with van der Waals surface area (Å²) in [6.07, 6.45) is -0.490. The molecule has 0 spiro atoms. The van der Waals surface area contributed by atoms with Gasteiger partial charge >= 0.3 is 38.8 Å². The number of amides is 2. The van der Waals surface area contributed by atoms with E-state index in [1.54, 1.807) is 32.9 Å². The van der Waals surface area contributed by atoms with Crippen molar-refractivity contribution in [1.82, 2.24) is 10.6 Å². The van der Waals surface area contributed by atoms with E-state index in [1.165, 1.54) is 0 Å². The van der Waals surface area contributed by atoms with E-state index in [-0.39, 0.29) is 38.6 Å². The molecule has 0 aliphatic rings. The van der Waals surface area contributed by atoms with Crippen LogP contribution in [0, 0.1) is 13.0 Å². The van der Waals surface area contributed by atoms with Gasteiger partial charge in [0, 0.05) is 13.1 Å². The van der Waals surface area contributed by atoms with Crippen LogP contribution >= 0.6 is 0 Å². The van der Waals surface area contributed by atoms with Crippen molar-refractivity contribution in [3.05, 3.63) is 35.4 Å². The minimum absolute atomic E-state index is 0. The molecule has 1 aromatic rings. The average molecular weight is 366 g/mol. The average Bonchev–Trinajstić information content (AvgIpc) is 2.33. The molecule has 0 bridgehead atoms. The molecule has 0 fully saturated rings. The molecule has 0 radical (unpaired) electrons. The first-order valence-corrected chi connectivity index (χ1v) is 6.51. The van der Waals surface area contributed by atoms with Gasteiger partial charge in [0.1, 0.15) is 5.60 Å². The molecule has 6 heteroatoms. The molecule has 0 aromatic heterocycles. The summed E-state index contributed by atoms with van der Waals surface area (Å²) in [5.74, 6) is -0.188. The largest absolute Gasteiger partial charge is 3.00 e. The standard InChI is InChI=1S/C15H21N2O3.Y/c1-11-5-7-12(8-6-11)13(18)16-9-10-17-14(19)20-15(2,3)4;/h5,7-8H,9-10H2,1-4H3,(H,16,18)(H,17,19);/q-1;+3. The normalized spacial score (nSPS) is 10.3. The predicted molar refractivity (Wildman–Crippen MR) is 76.6 cm³/mol. The Morgan fingerprint density at radius 1 is 1.19 bits per heavy atom. The summed E-state index contributed by atoms with van der Waals surface area (Å²) < 4.78 is 5.07. The first-order valence-electron chi connectivity index (χ1n) is 6.51. The van der Waals surface area contributed by atoms with Crippen molar-refractivity contribution in [2.75, 3.05) is 13.1 Å². The molecule has 0 saturated heterocycles. The van der Waals surface area contributed by atoms with Crippen LogP contribution in [0.3, 0.4) is 0 Å². The van der Waals surface area contributed by atoms with Crippen LogP contribution in [0.5, 0.6) is 0 Å². The molecular formula is C15H21N2O3Y+2. The van der Waals surface area contributed by atoms with E-state index in [9.17, 15) is 9.59 Å². The molecule has 1 rings (SSSR count). The Balaban J connectivity index is 0.00000400. The van der Waals surface area contributed by atoms with E-state index in [4.69, 9.17) is 4.74 Å². The summed E-state index contributed by atoms with van der Waals surface area (Å²) in [5.41, 5.74) is 1.01. The quantitative estimate of drug-likeness (QED) is 0.633. The zero-order valence-electron chi connectivity index (χ0n) is 12.9. The van der Waals surface area contributed by atoms with Crippen LogP contribution in [-0.4, -0.2) is 30.7 Å². The zero-order valence-corrected chi connectivity index (χ0v) is 15.8. The van der Waals surface area contributed by atoms with Gasteiger partial charge in [-0.05, 0) is 20.8 Å². The van der Waals surface area contributed by atoms with Crippen molar-refractivity contribution in [2.24, 2.45) is 0 Å². The fraction of sp³-hybridized carbons (Fsp3) is 0.467. The molecule has 0 atom stereocenters. The minimum Gasteiger partial charge on any atom is -0.444 e. The Bertz CT molecular complexity index is 467. The van der Waals surface area contributed by atoms with Crippen LogP contribution in [0.4, 0.5) is 4.79 Å². The van der Waals surface area contributed by atoms with Gasteiger partial charge in [-0.2, -0.15) is 29.8 Å². The maximum Gasteiger partial charge on any atom is 3.00 e. The third-order valence-corrected chi connectivity index (χ3v) is 2.31. The second-order valence-corrected chi connectivity index (χ2v) is 5.44. The smallest absolute Gasteiger partial charge is 0.444 e. The summed E-state index contributed by atoms with van der Waals surface area (Å²) in [7, 11) is 0. The van der Waals surface area contributed by atoms with Crippen molar-refractivity contribution in [1.29, 1.82) is 0 Å². The third kappa shape index (κ3) is 8.84. The van der Waals surface area contributed by atoms with Crippen molar-refractivity contribution >= 4 is 12.0 Å². The van der Waals surface area contributed by atoms with Crippen molar-refractivity contribution < 1.29 is 47.0 Å². The van der Waals surface area contributed by atoms with Crippen molar-refractivity contribution in [2.45, 2.75) is 33.3 Å². The van der Waals surface area contributed by atoms with Crippen LogP contribution in [0.25, 0.3) is 0 Å². The van der Waals surface area contributed by atoms with E-state index < -0.39 is 11.7 Å². The van der Waals surface area contributed by atoms with Crippen LogP contribution in [0.2, 0.25) is 0 Å². The van der Waals surface area contributed by atoms with Crippen LogP contribution in [0.1, 0.15) is 36.7 Å². The zero-order chi connectivity index (χ0) is 15.2. The van der Waals surface area contributed by atoms with Gasteiger partial charge in [0.05, 0.1) is 0 Å². The van der Waals surface area contributed by atoms with Gasteiger partial charge in [-0.3, -0.25) is 4.79 Å². The number of aryl methyl sites for hydroxylation is 1. The number of benzene rings is 1. The third-order valence-electron chi connectivity index (χ3n) is 2.31. The fourth-order valence-corrected chi connectivity index (χ4v) is 1.40. The van der Waals surface area contributed by atoms with Gasteiger partial charge in [0.15, 0.2) is 5.91 Å². The van der Waals surface area contributed by atoms with Crippen LogP contribution < -0.4 is 10.6 Å². The molecule has 0 saturated carbocycles. The molecule has 2 amide bonds. The number of ether oxygens (including phenoxy) is 1. The summed E-state index contributed by atoms with van der Waals surface area (Å²) in [4.78, 5) is 23.1. The number of rotatable bonds is 4. The van der Waals surface area contributed by atoms with E-state index in [2.05, 4.69) is 16.7 Å². The van der Waals surface area contributed by atoms with Gasteiger partial charge in [-0.15, -0.1) is 0 Å². The summed E-state index contributed by atoms with van der Waals surface area (Å²) in [5, 5.41) is 5.28. The van der Waals surface area contributed by atoms with E-state index in [0.717, 1.165) is 5.56 Å². The number of carbonyl (C=O) groups excluding carboxylic acids is 2. The number of carbonyl (C=O) groups is 2. The second kappa shape index (κ2) is 9.16. The number of hydrogen-bond acceptors (Lipinski definition) is 3. The number of hydrogen-bond donors (Lipinski definition) is 2. The molecule has 21 heavy (non-hydrogen) atoms. The molecular weight excluding hydrogens is 345 g/mol. The second-order valence-electron chi connectivity index (χ2n) is 5.44. The Morgan fingerprint density at radius 3 is 2.33 bits per heavy atom. The molecule has 2 N–H and O–H groups in total. The maximum atomic E-state index is 11.8. The van der Waals surface area contributed by atoms with Crippen molar-refractivity contribution in [3.63, 3.8) is 0 Å². The molecule has 110 valence electrons. The van der Waals surface area contributed by atoms with Gasteiger partial charge in [0.25, 0.3) is 0 Å². The van der Waals surface area contributed by atoms with Crippen LogP contribution in [-0.2, 0) is 37.4 Å². The Kier molecular flexibility index (Phi) is 8.75. The maximum absolute atomic E-state index is 11.8. The minimum atomic E-state index is -0.523. The van der Waals surface area contributed by atoms with Crippen LogP contribution in [0.15, 0.2) is 18.2 Å². The predicted octanol–water partition coefficient (Wildman–Crippen LogP) is 2.05. The SMILES string of the molecule is Cc1[c-]cc(C(=O)NCCNC(=O)OC(C)(C)C)cc1.[Y+3]. The van der Waals surface area contributed by atoms with Gasteiger partial charge in [-0.25, -0.2) is 4.79 Å². The fourth-order valence-electron chi connectivity index (χ4n) is 1.40. The Hall–Kier alpha value is -0.936. The van der Waals surface area contributed by atoms with E-state index >= 15 is 0 Å². The van der Waals surface area contributed by atoms with E-state index in [0.29, 0.717) is 18.7 Å². The van der Waals surface area contributed by atoms with Crippen molar-refractivity contribution in [3.8, 4) is 0 Å². The monoisotopic (exact) mass is 366 g/mol. The first-order chi connectivity index (χ1) is 9.28. The molecule has 0 aliphatic carbocycles. The Labute approximate surface area is 151 Å².